The van der Waals surface area contributed by atoms with Gasteiger partial charge in [-0.3, -0.25) is 23.4 Å². The second kappa shape index (κ2) is 40.9. The minimum atomic E-state index is -4.73. The molecule has 0 heterocycles. The number of carboxylic acids is 1. The van der Waals surface area contributed by atoms with Crippen LogP contribution in [0, 0.1) is 0 Å². The summed E-state index contributed by atoms with van der Waals surface area (Å²) >= 11 is 0. The number of nitrogens with two attached hydrogens (primary N) is 1. The van der Waals surface area contributed by atoms with Crippen LogP contribution in [-0.4, -0.2) is 59.9 Å². The van der Waals surface area contributed by atoms with E-state index in [-0.39, 0.29) is 19.4 Å². The average Bonchev–Trinajstić information content (AvgIpc) is 3.20. The van der Waals surface area contributed by atoms with E-state index in [4.69, 9.17) is 24.8 Å². The first kappa shape index (κ1) is 55.2. The molecule has 334 valence electrons. The maximum Gasteiger partial charge on any atom is 0.472 e. The van der Waals surface area contributed by atoms with Gasteiger partial charge in [0, 0.05) is 12.8 Å². The van der Waals surface area contributed by atoms with Gasteiger partial charge in [0.1, 0.15) is 12.6 Å². The normalized spacial score (nSPS) is 14.3. The summed E-state index contributed by atoms with van der Waals surface area (Å²) in [6.45, 7) is 2.72. The van der Waals surface area contributed by atoms with Crippen LogP contribution in [0.15, 0.2) is 60.8 Å². The first-order valence-electron chi connectivity index (χ1n) is 22.3. The van der Waals surface area contributed by atoms with Crippen LogP contribution < -0.4 is 5.73 Å². The van der Waals surface area contributed by atoms with Crippen LogP contribution in [0.5, 0.6) is 0 Å². The maximum atomic E-state index is 12.6. The molecule has 0 aromatic rings. The Morgan fingerprint density at radius 3 is 1.43 bits per heavy atom. The number of esters is 2. The molecule has 58 heavy (non-hydrogen) atoms. The third-order valence-corrected chi connectivity index (χ3v) is 10.2. The van der Waals surface area contributed by atoms with Crippen molar-refractivity contribution < 1.29 is 47.5 Å². The molecule has 0 fully saturated rings. The summed E-state index contributed by atoms with van der Waals surface area (Å²) < 4.78 is 32.7. The molecule has 0 radical (unpaired) electrons. The topological polar surface area (TPSA) is 172 Å². The molecule has 0 bridgehead atoms. The molecule has 11 nitrogen and oxygen atoms in total. The summed E-state index contributed by atoms with van der Waals surface area (Å²) in [4.78, 5) is 46.0. The standard InChI is InChI=1S/C46H80NO10P/c1-3-5-7-9-11-13-15-17-19-20-21-22-24-26-28-30-32-34-36-38-45(49)57-42(40-55-58(52,53)56-41-43(47)46(50)51)39-54-44(48)37-35-33-31-29-27-25-23-18-16-14-12-10-8-6-4-2/h11,13,17-19,21-23,26,28,42-43H,3-10,12,14-16,20,24-25,27,29-41,47H2,1-2H3,(H,50,51)(H,52,53)/b13-11-,19-17-,22-21-,23-18-,28-26-/t42-,43+/m1/s1. The van der Waals surface area contributed by atoms with Gasteiger partial charge >= 0.3 is 25.7 Å². The van der Waals surface area contributed by atoms with Crippen LogP contribution in [0.3, 0.4) is 0 Å². The van der Waals surface area contributed by atoms with Crippen molar-refractivity contribution in [1.29, 1.82) is 0 Å². The van der Waals surface area contributed by atoms with Gasteiger partial charge in [-0.15, -0.1) is 0 Å². The zero-order chi connectivity index (χ0) is 42.8. The van der Waals surface area contributed by atoms with Crippen molar-refractivity contribution in [3.05, 3.63) is 60.8 Å². The molecule has 4 N–H and O–H groups in total. The Labute approximate surface area is 351 Å². The Balaban J connectivity index is 4.44. The summed E-state index contributed by atoms with van der Waals surface area (Å²) in [5, 5.41) is 8.89. The number of phosphoric acid groups is 1. The smallest absolute Gasteiger partial charge is 0.472 e. The largest absolute Gasteiger partial charge is 0.480 e. The summed E-state index contributed by atoms with van der Waals surface area (Å²) in [5.74, 6) is -2.43. The van der Waals surface area contributed by atoms with Gasteiger partial charge in [-0.05, 0) is 83.5 Å². The van der Waals surface area contributed by atoms with E-state index < -0.39 is 51.1 Å². The Kier molecular flexibility index (Phi) is 38.9. The number of unbranched alkanes of at least 4 members (excludes halogenated alkanes) is 17. The summed E-state index contributed by atoms with van der Waals surface area (Å²) in [7, 11) is -4.73. The van der Waals surface area contributed by atoms with E-state index in [1.165, 1.54) is 64.2 Å². The fraction of sp³-hybridized carbons (Fsp3) is 0.717. The van der Waals surface area contributed by atoms with E-state index in [0.29, 0.717) is 12.8 Å². The van der Waals surface area contributed by atoms with Crippen LogP contribution in [0.4, 0.5) is 0 Å². The van der Waals surface area contributed by atoms with Crippen LogP contribution in [0.1, 0.15) is 181 Å². The number of ether oxygens (including phenoxy) is 2. The summed E-state index contributed by atoms with van der Waals surface area (Å²) in [5.41, 5.74) is 5.33. The van der Waals surface area contributed by atoms with Gasteiger partial charge in [-0.2, -0.15) is 0 Å². The number of hydrogen-bond acceptors (Lipinski definition) is 9. The predicted octanol–water partition coefficient (Wildman–Crippen LogP) is 12.0. The van der Waals surface area contributed by atoms with Crippen molar-refractivity contribution in [2.24, 2.45) is 5.73 Å². The summed E-state index contributed by atoms with van der Waals surface area (Å²) in [6.07, 6.45) is 47.1. The molecular weight excluding hydrogens is 757 g/mol. The average molecular weight is 838 g/mol. The molecule has 0 saturated heterocycles. The lowest BCUT2D eigenvalue weighted by Crippen LogP contribution is -2.34. The second-order valence-corrected chi connectivity index (χ2v) is 16.3. The van der Waals surface area contributed by atoms with Crippen molar-refractivity contribution >= 4 is 25.7 Å². The number of phosphoric ester groups is 1. The van der Waals surface area contributed by atoms with Crippen molar-refractivity contribution in [3.63, 3.8) is 0 Å². The van der Waals surface area contributed by atoms with E-state index in [1.54, 1.807) is 0 Å². The van der Waals surface area contributed by atoms with Crippen molar-refractivity contribution in [2.75, 3.05) is 19.8 Å². The molecule has 1 unspecified atom stereocenters. The second-order valence-electron chi connectivity index (χ2n) is 14.8. The minimum Gasteiger partial charge on any atom is -0.480 e. The third-order valence-electron chi connectivity index (χ3n) is 9.24. The number of carbonyl (C=O) groups is 3. The minimum absolute atomic E-state index is 0.120. The van der Waals surface area contributed by atoms with Gasteiger partial charge < -0.3 is 25.2 Å². The third kappa shape index (κ3) is 40.0. The number of carbonyl (C=O) groups excluding carboxylic acids is 2. The number of rotatable bonds is 41. The molecule has 0 aromatic heterocycles. The Bertz CT molecular complexity index is 1210. The van der Waals surface area contributed by atoms with Gasteiger partial charge in [0.05, 0.1) is 13.2 Å². The summed E-state index contributed by atoms with van der Waals surface area (Å²) in [6, 6.07) is -1.53. The van der Waals surface area contributed by atoms with Gasteiger partial charge in [-0.25, -0.2) is 4.57 Å². The fourth-order valence-electron chi connectivity index (χ4n) is 5.69. The quantitative estimate of drug-likeness (QED) is 0.0231. The molecule has 12 heteroatoms. The van der Waals surface area contributed by atoms with E-state index >= 15 is 0 Å². The van der Waals surface area contributed by atoms with Gasteiger partial charge in [0.15, 0.2) is 6.10 Å². The van der Waals surface area contributed by atoms with Gasteiger partial charge in [0.2, 0.25) is 0 Å². The number of carboxylic acid groups (broad SMARTS) is 1. The van der Waals surface area contributed by atoms with Crippen LogP contribution in [-0.2, 0) is 37.5 Å². The Morgan fingerprint density at radius 2 is 0.914 bits per heavy atom. The maximum absolute atomic E-state index is 12.6. The molecule has 0 saturated carbocycles. The SMILES string of the molecule is CCCCC/C=C\C/C=C\C/C=C\C/C=C\CCCCCC(=O)O[C@H](COC(=O)CCCCCCC/C=C\CCCCCCCC)COP(=O)(O)OC[C@H](N)C(=O)O. The lowest BCUT2D eigenvalue weighted by molar-refractivity contribution is -0.161. The monoisotopic (exact) mass is 838 g/mol. The molecule has 3 atom stereocenters. The molecule has 0 aliphatic rings. The molecule has 0 aliphatic heterocycles. The zero-order valence-electron chi connectivity index (χ0n) is 36.1. The molecule has 0 aromatic carbocycles. The van der Waals surface area contributed by atoms with Crippen molar-refractivity contribution in [1.82, 2.24) is 0 Å². The molecule has 0 aliphatic carbocycles. The highest BCUT2D eigenvalue weighted by atomic mass is 31.2. The molecule has 0 spiro atoms. The first-order valence-corrected chi connectivity index (χ1v) is 23.8. The lowest BCUT2D eigenvalue weighted by Gasteiger charge is -2.20. The lowest BCUT2D eigenvalue weighted by atomic mass is 10.1. The first-order chi connectivity index (χ1) is 28.1. The Morgan fingerprint density at radius 1 is 0.534 bits per heavy atom. The van der Waals surface area contributed by atoms with E-state index in [2.05, 4.69) is 79.1 Å². The number of allylic oxidation sites excluding steroid dienone is 10. The molecular formula is C46H80NO10P. The Hall–Kier alpha value is -2.82. The van der Waals surface area contributed by atoms with Gasteiger partial charge in [0.25, 0.3) is 0 Å². The van der Waals surface area contributed by atoms with Crippen LogP contribution >= 0.6 is 7.82 Å². The van der Waals surface area contributed by atoms with E-state index in [1.807, 2.05) is 0 Å². The van der Waals surface area contributed by atoms with E-state index in [9.17, 15) is 23.8 Å². The van der Waals surface area contributed by atoms with E-state index in [0.717, 1.165) is 77.0 Å². The predicted molar refractivity (Wildman–Crippen MR) is 235 cm³/mol. The number of aliphatic carboxylic acids is 1. The number of hydrogen-bond donors (Lipinski definition) is 3. The van der Waals surface area contributed by atoms with Crippen LogP contribution in [0.2, 0.25) is 0 Å². The van der Waals surface area contributed by atoms with Crippen molar-refractivity contribution in [2.45, 2.75) is 193 Å². The highest BCUT2D eigenvalue weighted by Crippen LogP contribution is 2.43. The highest BCUT2D eigenvalue weighted by Gasteiger charge is 2.28. The molecule has 0 rings (SSSR count). The zero-order valence-corrected chi connectivity index (χ0v) is 37.0. The fourth-order valence-corrected chi connectivity index (χ4v) is 6.47. The highest BCUT2D eigenvalue weighted by molar-refractivity contribution is 7.47. The molecule has 0 amide bonds. The van der Waals surface area contributed by atoms with Gasteiger partial charge in [-0.1, -0.05) is 145 Å². The van der Waals surface area contributed by atoms with Crippen LogP contribution in [0.25, 0.3) is 0 Å². The van der Waals surface area contributed by atoms with Crippen molar-refractivity contribution in [3.8, 4) is 0 Å².